The summed E-state index contributed by atoms with van der Waals surface area (Å²) >= 11 is 0. The van der Waals surface area contributed by atoms with E-state index in [4.69, 9.17) is 0 Å². The maximum Gasteiger partial charge on any atom is 0.0551 e. The fourth-order valence-corrected chi connectivity index (χ4v) is 1.39. The van der Waals surface area contributed by atoms with E-state index < -0.39 is 0 Å². The van der Waals surface area contributed by atoms with Gasteiger partial charge in [-0.25, -0.2) is 0 Å². The van der Waals surface area contributed by atoms with Crippen LogP contribution in [0.5, 0.6) is 0 Å². The summed E-state index contributed by atoms with van der Waals surface area (Å²) in [5.41, 5.74) is 2.60. The molecule has 1 heterocycles. The molecule has 0 saturated carbocycles. The topological polar surface area (TPSA) is 29.9 Å². The number of hydrogen-bond donors (Lipinski definition) is 1. The van der Waals surface area contributed by atoms with E-state index in [1.807, 2.05) is 6.20 Å². The van der Waals surface area contributed by atoms with Crippen molar-refractivity contribution in [2.24, 2.45) is 0 Å². The molecule has 0 unspecified atom stereocenters. The Labute approximate surface area is 92.3 Å². The molecule has 0 radical (unpaired) electrons. The Morgan fingerprint density at radius 2 is 2.14 bits per heavy atom. The molecule has 82 valence electrons. The van der Waals surface area contributed by atoms with Crippen LogP contribution >= 0.6 is 12.4 Å². The van der Waals surface area contributed by atoms with Gasteiger partial charge in [-0.1, -0.05) is 6.92 Å². The molecule has 0 saturated heterocycles. The summed E-state index contributed by atoms with van der Waals surface area (Å²) < 4.78 is 2.05. The molecule has 1 aromatic heterocycles. The van der Waals surface area contributed by atoms with Crippen LogP contribution in [0.25, 0.3) is 0 Å². The van der Waals surface area contributed by atoms with Crippen LogP contribution in [0.2, 0.25) is 0 Å². The van der Waals surface area contributed by atoms with Crippen molar-refractivity contribution < 1.29 is 0 Å². The summed E-state index contributed by atoms with van der Waals surface area (Å²) in [6.07, 6.45) is 3.12. The average Bonchev–Trinajstić information content (AvgIpc) is 2.48. The molecule has 0 aliphatic carbocycles. The second-order valence-electron chi connectivity index (χ2n) is 3.27. The number of nitrogens with one attached hydrogen (secondary N) is 1. The molecule has 0 atom stereocenters. The number of rotatable bonds is 5. The maximum absolute atomic E-state index is 4.29. The summed E-state index contributed by atoms with van der Waals surface area (Å²) in [6.45, 7) is 9.38. The molecule has 1 aromatic rings. The van der Waals surface area contributed by atoms with Crippen molar-refractivity contribution in [1.82, 2.24) is 15.1 Å². The van der Waals surface area contributed by atoms with Crippen molar-refractivity contribution in [3.8, 4) is 0 Å². The van der Waals surface area contributed by atoms with Crippen molar-refractivity contribution in [1.29, 1.82) is 0 Å². The van der Waals surface area contributed by atoms with Crippen LogP contribution in [-0.2, 0) is 13.1 Å². The number of halogens is 1. The van der Waals surface area contributed by atoms with E-state index in [0.29, 0.717) is 0 Å². The third-order valence-electron chi connectivity index (χ3n) is 2.18. The monoisotopic (exact) mass is 217 g/mol. The van der Waals surface area contributed by atoms with Crippen LogP contribution in [0, 0.1) is 6.92 Å². The van der Waals surface area contributed by atoms with E-state index in [-0.39, 0.29) is 12.4 Å². The molecule has 0 amide bonds. The zero-order valence-corrected chi connectivity index (χ0v) is 10.0. The lowest BCUT2D eigenvalue weighted by atomic mass is 10.2. The van der Waals surface area contributed by atoms with Crippen molar-refractivity contribution in [3.63, 3.8) is 0 Å². The maximum atomic E-state index is 4.29. The fourth-order valence-electron chi connectivity index (χ4n) is 1.39. The smallest absolute Gasteiger partial charge is 0.0551 e. The summed E-state index contributed by atoms with van der Waals surface area (Å²) in [5, 5.41) is 7.68. The van der Waals surface area contributed by atoms with Gasteiger partial charge < -0.3 is 5.32 Å². The van der Waals surface area contributed by atoms with Crippen LogP contribution in [0.15, 0.2) is 6.20 Å². The molecule has 0 bridgehead atoms. The molecule has 0 spiro atoms. The first-order chi connectivity index (χ1) is 6.29. The molecule has 1 rings (SSSR count). The van der Waals surface area contributed by atoms with Gasteiger partial charge >= 0.3 is 0 Å². The molecule has 14 heavy (non-hydrogen) atoms. The van der Waals surface area contributed by atoms with Crippen LogP contribution in [0.3, 0.4) is 0 Å². The Morgan fingerprint density at radius 1 is 1.43 bits per heavy atom. The highest BCUT2D eigenvalue weighted by molar-refractivity contribution is 5.85. The highest BCUT2D eigenvalue weighted by atomic mass is 35.5. The molecule has 0 aromatic carbocycles. The molecule has 0 aliphatic rings. The predicted molar refractivity (Wildman–Crippen MR) is 61.9 cm³/mol. The first-order valence-corrected chi connectivity index (χ1v) is 5.01. The van der Waals surface area contributed by atoms with E-state index in [9.17, 15) is 0 Å². The zero-order chi connectivity index (χ0) is 9.68. The van der Waals surface area contributed by atoms with E-state index in [1.54, 1.807) is 0 Å². The number of nitrogens with zero attached hydrogens (tertiary/aromatic N) is 2. The Morgan fingerprint density at radius 3 is 2.71 bits per heavy atom. The lowest BCUT2D eigenvalue weighted by molar-refractivity contribution is 0.578. The van der Waals surface area contributed by atoms with E-state index >= 15 is 0 Å². The van der Waals surface area contributed by atoms with Crippen LogP contribution in [0.1, 0.15) is 31.5 Å². The van der Waals surface area contributed by atoms with Gasteiger partial charge in [0.2, 0.25) is 0 Å². The lowest BCUT2D eigenvalue weighted by Crippen LogP contribution is -2.17. The summed E-state index contributed by atoms with van der Waals surface area (Å²) in [6, 6.07) is 0. The van der Waals surface area contributed by atoms with Crippen molar-refractivity contribution >= 4 is 12.4 Å². The van der Waals surface area contributed by atoms with Gasteiger partial charge in [0.15, 0.2) is 0 Å². The lowest BCUT2D eigenvalue weighted by Gasteiger charge is -2.06. The molecular weight excluding hydrogens is 198 g/mol. The quantitative estimate of drug-likeness (QED) is 0.766. The molecule has 4 heteroatoms. The summed E-state index contributed by atoms with van der Waals surface area (Å²) in [5.74, 6) is 0. The summed E-state index contributed by atoms with van der Waals surface area (Å²) in [4.78, 5) is 0. The van der Waals surface area contributed by atoms with Gasteiger partial charge in [-0.05, 0) is 32.4 Å². The fraction of sp³-hybridized carbons (Fsp3) is 0.700. The molecule has 1 N–H and O–H groups in total. The van der Waals surface area contributed by atoms with E-state index in [2.05, 4.69) is 35.9 Å². The number of aryl methyl sites for hydroxylation is 2. The van der Waals surface area contributed by atoms with Crippen molar-refractivity contribution in [2.75, 3.05) is 6.54 Å². The third kappa shape index (κ3) is 3.31. The zero-order valence-electron chi connectivity index (χ0n) is 9.21. The standard InChI is InChI=1S/C10H19N3.ClH/c1-4-6-11-8-10-9(3)7-12-13(10)5-2;/h7,11H,4-6,8H2,1-3H3;1H. The van der Waals surface area contributed by atoms with E-state index in [0.717, 1.165) is 19.6 Å². The molecule has 0 fully saturated rings. The van der Waals surface area contributed by atoms with Gasteiger partial charge in [-0.3, -0.25) is 4.68 Å². The van der Waals surface area contributed by atoms with E-state index in [1.165, 1.54) is 17.7 Å². The summed E-state index contributed by atoms with van der Waals surface area (Å²) in [7, 11) is 0. The Hall–Kier alpha value is -0.540. The third-order valence-corrected chi connectivity index (χ3v) is 2.18. The molecule has 0 aliphatic heterocycles. The second kappa shape index (κ2) is 6.85. The minimum absolute atomic E-state index is 0. The Kier molecular flexibility index (Phi) is 6.58. The highest BCUT2D eigenvalue weighted by Crippen LogP contribution is 2.06. The Balaban J connectivity index is 0.00000169. The van der Waals surface area contributed by atoms with Gasteiger partial charge in [-0.2, -0.15) is 5.10 Å². The normalized spacial score (nSPS) is 9.93. The van der Waals surface area contributed by atoms with Gasteiger partial charge in [-0.15, -0.1) is 12.4 Å². The number of hydrogen-bond acceptors (Lipinski definition) is 2. The predicted octanol–water partition coefficient (Wildman–Crippen LogP) is 2.13. The minimum Gasteiger partial charge on any atom is -0.311 e. The van der Waals surface area contributed by atoms with Crippen LogP contribution in [0.4, 0.5) is 0 Å². The average molecular weight is 218 g/mol. The van der Waals surface area contributed by atoms with Crippen molar-refractivity contribution in [3.05, 3.63) is 17.5 Å². The second-order valence-corrected chi connectivity index (χ2v) is 3.27. The van der Waals surface area contributed by atoms with Crippen LogP contribution < -0.4 is 5.32 Å². The SMILES string of the molecule is CCCNCc1c(C)cnn1CC.Cl. The number of aromatic nitrogens is 2. The highest BCUT2D eigenvalue weighted by Gasteiger charge is 2.04. The molecule has 3 nitrogen and oxygen atoms in total. The van der Waals surface area contributed by atoms with Crippen molar-refractivity contribution in [2.45, 2.75) is 40.3 Å². The van der Waals surface area contributed by atoms with Gasteiger partial charge in [0.1, 0.15) is 0 Å². The first kappa shape index (κ1) is 13.5. The Bertz CT molecular complexity index is 258. The van der Waals surface area contributed by atoms with Gasteiger partial charge in [0.25, 0.3) is 0 Å². The van der Waals surface area contributed by atoms with Gasteiger partial charge in [0, 0.05) is 13.1 Å². The molecular formula is C10H20ClN3. The van der Waals surface area contributed by atoms with Crippen LogP contribution in [-0.4, -0.2) is 16.3 Å². The first-order valence-electron chi connectivity index (χ1n) is 5.01. The largest absolute Gasteiger partial charge is 0.311 e. The minimum atomic E-state index is 0. The van der Waals surface area contributed by atoms with Gasteiger partial charge in [0.05, 0.1) is 11.9 Å².